The second-order valence-electron chi connectivity index (χ2n) is 5.72. The molecule has 7 nitrogen and oxygen atoms in total. The number of sulfonamides is 1. The van der Waals surface area contributed by atoms with Crippen LogP contribution >= 0.6 is 11.6 Å². The van der Waals surface area contributed by atoms with Gasteiger partial charge >= 0.3 is 0 Å². The maximum absolute atomic E-state index is 12.6. The predicted octanol–water partition coefficient (Wildman–Crippen LogP) is 2.93. The maximum Gasteiger partial charge on any atom is 0.265 e. The average Bonchev–Trinajstić information content (AvgIpc) is 2.63. The zero-order valence-electron chi connectivity index (χ0n) is 13.8. The van der Waals surface area contributed by atoms with E-state index in [9.17, 15) is 8.42 Å². The molecule has 2 heterocycles. The Balaban J connectivity index is 1.80. The third-order valence-electron chi connectivity index (χ3n) is 3.94. The lowest BCUT2D eigenvalue weighted by atomic mass is 10.1. The maximum atomic E-state index is 12.6. The van der Waals surface area contributed by atoms with Crippen LogP contribution in [0.1, 0.15) is 19.3 Å². The Morgan fingerprint density at radius 2 is 1.84 bits per heavy atom. The fraction of sp³-hybridized carbons (Fsp3) is 0.375. The van der Waals surface area contributed by atoms with Crippen molar-refractivity contribution in [2.24, 2.45) is 0 Å². The number of ether oxygens (including phenoxy) is 1. The number of aromatic nitrogens is 2. The molecule has 25 heavy (non-hydrogen) atoms. The summed E-state index contributed by atoms with van der Waals surface area (Å²) in [4.78, 5) is 10.6. The van der Waals surface area contributed by atoms with E-state index in [2.05, 4.69) is 19.6 Å². The van der Waals surface area contributed by atoms with Gasteiger partial charge in [-0.3, -0.25) is 4.72 Å². The average molecular weight is 383 g/mol. The van der Waals surface area contributed by atoms with Crippen LogP contribution in [0.3, 0.4) is 0 Å². The molecule has 134 valence electrons. The summed E-state index contributed by atoms with van der Waals surface area (Å²) in [6.45, 7) is 1.84. The number of methoxy groups -OCH3 is 1. The van der Waals surface area contributed by atoms with E-state index in [0.717, 1.165) is 25.9 Å². The van der Waals surface area contributed by atoms with Crippen molar-refractivity contribution >= 4 is 33.3 Å². The van der Waals surface area contributed by atoms with Crippen molar-refractivity contribution in [3.05, 3.63) is 35.6 Å². The summed E-state index contributed by atoms with van der Waals surface area (Å²) in [7, 11) is -2.47. The van der Waals surface area contributed by atoms with Gasteiger partial charge in [0.15, 0.2) is 0 Å². The number of hydrogen-bond donors (Lipinski definition) is 1. The summed E-state index contributed by atoms with van der Waals surface area (Å²) in [6.07, 6.45) is 6.38. The van der Waals surface area contributed by atoms with Crippen LogP contribution in [-0.2, 0) is 10.0 Å². The highest BCUT2D eigenvalue weighted by molar-refractivity contribution is 7.92. The van der Waals surface area contributed by atoms with Gasteiger partial charge in [0.2, 0.25) is 5.95 Å². The normalized spacial score (nSPS) is 15.0. The fourth-order valence-corrected chi connectivity index (χ4v) is 4.16. The minimum atomic E-state index is -3.87. The quantitative estimate of drug-likeness (QED) is 0.855. The lowest BCUT2D eigenvalue weighted by molar-refractivity contribution is 0.403. The molecule has 1 aliphatic rings. The van der Waals surface area contributed by atoms with Gasteiger partial charge in [0.25, 0.3) is 10.0 Å². The van der Waals surface area contributed by atoms with Crippen molar-refractivity contribution in [3.8, 4) is 5.75 Å². The van der Waals surface area contributed by atoms with Gasteiger partial charge in [-0.05, 0) is 37.5 Å². The van der Waals surface area contributed by atoms with E-state index in [0.29, 0.717) is 11.0 Å². The van der Waals surface area contributed by atoms with Gasteiger partial charge in [-0.25, -0.2) is 18.4 Å². The smallest absolute Gasteiger partial charge is 0.265 e. The second-order valence-corrected chi connectivity index (χ2v) is 7.81. The number of nitrogens with one attached hydrogen (secondary N) is 1. The van der Waals surface area contributed by atoms with E-state index in [-0.39, 0.29) is 16.3 Å². The predicted molar refractivity (Wildman–Crippen MR) is 96.9 cm³/mol. The molecule has 1 aromatic carbocycles. The Kier molecular flexibility index (Phi) is 5.29. The highest BCUT2D eigenvalue weighted by atomic mass is 35.5. The number of anilines is 2. The van der Waals surface area contributed by atoms with E-state index >= 15 is 0 Å². The molecule has 1 saturated heterocycles. The van der Waals surface area contributed by atoms with Crippen LogP contribution in [0, 0.1) is 0 Å². The third kappa shape index (κ3) is 4.13. The molecule has 0 atom stereocenters. The van der Waals surface area contributed by atoms with Crippen molar-refractivity contribution in [1.29, 1.82) is 0 Å². The van der Waals surface area contributed by atoms with Gasteiger partial charge in [0.05, 0.1) is 25.2 Å². The first-order chi connectivity index (χ1) is 12.0. The largest absolute Gasteiger partial charge is 0.495 e. The fourth-order valence-electron chi connectivity index (χ4n) is 2.70. The van der Waals surface area contributed by atoms with Gasteiger partial charge in [-0.2, -0.15) is 0 Å². The zero-order chi connectivity index (χ0) is 17.9. The molecule has 0 unspecified atom stereocenters. The number of halogens is 1. The SMILES string of the molecule is COc1ccc(Cl)cc1S(=O)(=O)Nc1cnc(N2CCCCC2)nc1. The molecule has 1 aromatic heterocycles. The minimum absolute atomic E-state index is 0.0393. The summed E-state index contributed by atoms with van der Waals surface area (Å²) < 4.78 is 32.8. The zero-order valence-corrected chi connectivity index (χ0v) is 15.3. The van der Waals surface area contributed by atoms with Crippen LogP contribution in [0.2, 0.25) is 5.02 Å². The Bertz CT molecular complexity index is 837. The summed E-state index contributed by atoms with van der Waals surface area (Å²) in [5, 5.41) is 0.304. The van der Waals surface area contributed by atoms with E-state index in [1.165, 1.54) is 38.1 Å². The molecule has 0 radical (unpaired) electrons. The van der Waals surface area contributed by atoms with Crippen LogP contribution in [0.5, 0.6) is 5.75 Å². The molecular weight excluding hydrogens is 364 g/mol. The number of piperidine rings is 1. The Labute approximate surface area is 152 Å². The van der Waals surface area contributed by atoms with Crippen molar-refractivity contribution in [3.63, 3.8) is 0 Å². The topological polar surface area (TPSA) is 84.4 Å². The standard InChI is InChI=1S/C16H19ClN4O3S/c1-24-14-6-5-12(17)9-15(14)25(22,23)20-13-10-18-16(19-11-13)21-7-3-2-4-8-21/h5-6,9-11,20H,2-4,7-8H2,1H3. The van der Waals surface area contributed by atoms with Crippen LogP contribution in [0.4, 0.5) is 11.6 Å². The molecule has 0 spiro atoms. The Hall–Kier alpha value is -2.06. The van der Waals surface area contributed by atoms with E-state index in [1.54, 1.807) is 6.07 Å². The summed E-state index contributed by atoms with van der Waals surface area (Å²) in [5.41, 5.74) is 0.280. The van der Waals surface area contributed by atoms with Crippen LogP contribution < -0.4 is 14.4 Å². The first kappa shape index (κ1) is 17.8. The first-order valence-electron chi connectivity index (χ1n) is 7.93. The molecule has 0 bridgehead atoms. The lowest BCUT2D eigenvalue weighted by Gasteiger charge is -2.26. The van der Waals surface area contributed by atoms with Crippen LogP contribution in [-0.4, -0.2) is 38.6 Å². The molecule has 2 aromatic rings. The number of rotatable bonds is 5. The summed E-state index contributed by atoms with van der Waals surface area (Å²) in [5.74, 6) is 0.825. The molecule has 0 amide bonds. The van der Waals surface area contributed by atoms with Crippen LogP contribution in [0.25, 0.3) is 0 Å². The van der Waals surface area contributed by atoms with Crippen molar-refractivity contribution in [1.82, 2.24) is 9.97 Å². The number of benzene rings is 1. The molecule has 9 heteroatoms. The number of hydrogen-bond acceptors (Lipinski definition) is 6. The molecule has 0 aliphatic carbocycles. The molecule has 1 N–H and O–H groups in total. The highest BCUT2D eigenvalue weighted by Gasteiger charge is 2.21. The Morgan fingerprint density at radius 3 is 2.48 bits per heavy atom. The van der Waals surface area contributed by atoms with Gasteiger partial charge < -0.3 is 9.64 Å². The van der Waals surface area contributed by atoms with E-state index < -0.39 is 10.0 Å². The molecule has 1 aliphatic heterocycles. The van der Waals surface area contributed by atoms with Gasteiger partial charge in [-0.1, -0.05) is 11.6 Å². The molecule has 0 saturated carbocycles. The summed E-state index contributed by atoms with van der Waals surface area (Å²) >= 11 is 5.91. The molecule has 3 rings (SSSR count). The lowest BCUT2D eigenvalue weighted by Crippen LogP contribution is -2.30. The molecule has 1 fully saturated rings. The van der Waals surface area contributed by atoms with Gasteiger partial charge in [-0.15, -0.1) is 0 Å². The second kappa shape index (κ2) is 7.45. The van der Waals surface area contributed by atoms with E-state index in [1.807, 2.05) is 0 Å². The van der Waals surface area contributed by atoms with E-state index in [4.69, 9.17) is 16.3 Å². The first-order valence-corrected chi connectivity index (χ1v) is 9.79. The monoisotopic (exact) mass is 382 g/mol. The third-order valence-corrected chi connectivity index (χ3v) is 5.58. The molecular formula is C16H19ClN4O3S. The number of nitrogens with zero attached hydrogens (tertiary/aromatic N) is 3. The minimum Gasteiger partial charge on any atom is -0.495 e. The van der Waals surface area contributed by atoms with Gasteiger partial charge in [0, 0.05) is 18.1 Å². The van der Waals surface area contributed by atoms with Crippen LogP contribution in [0.15, 0.2) is 35.5 Å². The highest BCUT2D eigenvalue weighted by Crippen LogP contribution is 2.28. The summed E-state index contributed by atoms with van der Waals surface area (Å²) in [6, 6.07) is 4.41. The Morgan fingerprint density at radius 1 is 1.16 bits per heavy atom. The van der Waals surface area contributed by atoms with Crippen molar-refractivity contribution in [2.75, 3.05) is 29.8 Å². The van der Waals surface area contributed by atoms with Gasteiger partial charge in [0.1, 0.15) is 10.6 Å². The van der Waals surface area contributed by atoms with Crippen molar-refractivity contribution in [2.45, 2.75) is 24.2 Å². The van der Waals surface area contributed by atoms with Crippen molar-refractivity contribution < 1.29 is 13.2 Å².